The Morgan fingerprint density at radius 1 is 0.976 bits per heavy atom. The summed E-state index contributed by atoms with van der Waals surface area (Å²) in [6.07, 6.45) is -1.06. The number of hydrogen-bond donors (Lipinski definition) is 3. The number of fused-ring (bicyclic) bond motifs is 2. The summed E-state index contributed by atoms with van der Waals surface area (Å²) in [6, 6.07) is 13.0. The molecular weight excluding hydrogens is 653 g/mol. The molecule has 2 fully saturated rings. The lowest BCUT2D eigenvalue weighted by molar-refractivity contribution is -0.144. The summed E-state index contributed by atoms with van der Waals surface area (Å²) in [5, 5.41) is 15.5. The molecule has 2 aromatic carbocycles. The number of carboxylic acid groups (broad SMARTS) is 1. The van der Waals surface area contributed by atoms with Gasteiger partial charge in [-0.1, -0.05) is 59.0 Å². The Bertz CT molecular complexity index is 1420. The zero-order chi connectivity index (χ0) is 29.4. The summed E-state index contributed by atoms with van der Waals surface area (Å²) >= 11 is 2.15. The van der Waals surface area contributed by atoms with Crippen molar-refractivity contribution in [2.24, 2.45) is 17.8 Å². The molecule has 1 heterocycles. The smallest absolute Gasteiger partial charge is 0.416 e. The number of urea groups is 1. The largest absolute Gasteiger partial charge is 0.481 e. The first-order chi connectivity index (χ1) is 19.5. The Labute approximate surface area is 248 Å². The van der Waals surface area contributed by atoms with Crippen LogP contribution in [0.1, 0.15) is 47.2 Å². The number of carboxylic acids is 1. The molecule has 0 radical (unpaired) electrons. The van der Waals surface area contributed by atoms with Gasteiger partial charge in [-0.25, -0.2) is 9.18 Å². The first-order valence-corrected chi connectivity index (χ1v) is 14.8. The summed E-state index contributed by atoms with van der Waals surface area (Å²) in [5.41, 5.74) is -1.33. The van der Waals surface area contributed by atoms with Crippen LogP contribution in [0.4, 0.5) is 22.4 Å². The SMILES string of the molecule is O=C(N[C@H]1[C@H]2CC[C@H](C2)[C@H]1C(=O)O)N[C@@](Cc1ccccc1)(c1cc(F)cc(C(F)(F)F)c1)c1ccc(CI)cn1. The summed E-state index contributed by atoms with van der Waals surface area (Å²) in [4.78, 5) is 30.3. The molecule has 216 valence electrons. The van der Waals surface area contributed by atoms with Gasteiger partial charge in [0.15, 0.2) is 0 Å². The maximum Gasteiger partial charge on any atom is 0.416 e. The number of nitrogens with zero attached hydrogens (tertiary/aromatic N) is 1. The average Bonchev–Trinajstić information content (AvgIpc) is 3.54. The minimum absolute atomic E-state index is 0.0116. The average molecular weight is 681 g/mol. The lowest BCUT2D eigenvalue weighted by Gasteiger charge is -2.37. The molecule has 2 aliphatic rings. The van der Waals surface area contributed by atoms with E-state index in [1.54, 1.807) is 48.7 Å². The maximum absolute atomic E-state index is 14.9. The fourth-order valence-corrected chi connectivity index (χ4v) is 6.87. The van der Waals surface area contributed by atoms with Gasteiger partial charge in [0.1, 0.15) is 11.4 Å². The molecule has 3 N–H and O–H groups in total. The number of alkyl halides is 4. The molecule has 0 spiro atoms. The third kappa shape index (κ3) is 6.05. The highest BCUT2D eigenvalue weighted by atomic mass is 127. The van der Waals surface area contributed by atoms with E-state index in [1.165, 1.54) is 0 Å². The minimum atomic E-state index is -4.84. The molecule has 1 aromatic heterocycles. The van der Waals surface area contributed by atoms with Crippen LogP contribution in [0.3, 0.4) is 0 Å². The molecule has 2 saturated carbocycles. The van der Waals surface area contributed by atoms with Crippen molar-refractivity contribution in [3.63, 3.8) is 0 Å². The summed E-state index contributed by atoms with van der Waals surface area (Å²) < 4.78 is 57.1. The monoisotopic (exact) mass is 681 g/mol. The van der Waals surface area contributed by atoms with Gasteiger partial charge in [-0.15, -0.1) is 0 Å². The van der Waals surface area contributed by atoms with E-state index in [2.05, 4.69) is 38.2 Å². The first kappa shape index (κ1) is 29.3. The van der Waals surface area contributed by atoms with Crippen molar-refractivity contribution in [1.29, 1.82) is 0 Å². The van der Waals surface area contributed by atoms with E-state index >= 15 is 0 Å². The van der Waals surface area contributed by atoms with E-state index in [0.717, 1.165) is 30.5 Å². The maximum atomic E-state index is 14.9. The summed E-state index contributed by atoms with van der Waals surface area (Å²) in [6.45, 7) is 0. The highest BCUT2D eigenvalue weighted by Crippen LogP contribution is 2.48. The molecule has 6 nitrogen and oxygen atoms in total. The molecule has 5 rings (SSSR count). The van der Waals surface area contributed by atoms with Crippen LogP contribution in [0, 0.1) is 23.6 Å². The van der Waals surface area contributed by atoms with Crippen LogP contribution in [0.25, 0.3) is 0 Å². The Morgan fingerprint density at radius 3 is 2.32 bits per heavy atom. The van der Waals surface area contributed by atoms with E-state index in [0.29, 0.717) is 22.5 Å². The van der Waals surface area contributed by atoms with E-state index in [-0.39, 0.29) is 29.5 Å². The van der Waals surface area contributed by atoms with E-state index < -0.39 is 47.1 Å². The number of aromatic nitrogens is 1. The van der Waals surface area contributed by atoms with Gasteiger partial charge < -0.3 is 15.7 Å². The van der Waals surface area contributed by atoms with Crippen molar-refractivity contribution in [2.75, 3.05) is 0 Å². The van der Waals surface area contributed by atoms with Gasteiger partial charge >= 0.3 is 18.2 Å². The van der Waals surface area contributed by atoms with E-state index in [4.69, 9.17) is 0 Å². The van der Waals surface area contributed by atoms with Gasteiger partial charge in [0.2, 0.25) is 0 Å². The van der Waals surface area contributed by atoms with E-state index in [9.17, 15) is 32.3 Å². The number of carbonyl (C=O) groups excluding carboxylic acids is 1. The number of benzene rings is 2. The fourth-order valence-electron chi connectivity index (χ4n) is 6.41. The Hall–Kier alpha value is -3.22. The Balaban J connectivity index is 1.63. The van der Waals surface area contributed by atoms with Crippen LogP contribution in [-0.4, -0.2) is 28.1 Å². The number of hydrogen-bond acceptors (Lipinski definition) is 3. The number of nitrogens with one attached hydrogen (secondary N) is 2. The number of amides is 2. The fraction of sp³-hybridized carbons (Fsp3) is 0.367. The topological polar surface area (TPSA) is 91.3 Å². The Morgan fingerprint density at radius 2 is 1.68 bits per heavy atom. The molecule has 41 heavy (non-hydrogen) atoms. The highest BCUT2D eigenvalue weighted by Gasteiger charge is 2.52. The second kappa shape index (κ2) is 11.6. The molecule has 0 aliphatic heterocycles. The number of aliphatic carboxylic acids is 1. The third-order valence-electron chi connectivity index (χ3n) is 8.27. The summed E-state index contributed by atoms with van der Waals surface area (Å²) in [7, 11) is 0. The molecule has 0 unspecified atom stereocenters. The molecule has 2 bridgehead atoms. The zero-order valence-corrected chi connectivity index (χ0v) is 24.0. The zero-order valence-electron chi connectivity index (χ0n) is 21.8. The van der Waals surface area contributed by atoms with Crippen LogP contribution in [-0.2, 0) is 27.4 Å². The van der Waals surface area contributed by atoms with Crippen molar-refractivity contribution in [2.45, 2.75) is 47.9 Å². The highest BCUT2D eigenvalue weighted by molar-refractivity contribution is 14.1. The number of rotatable bonds is 8. The van der Waals surface area contributed by atoms with Crippen LogP contribution in [0.2, 0.25) is 0 Å². The second-order valence-electron chi connectivity index (χ2n) is 10.8. The van der Waals surface area contributed by atoms with Crippen molar-refractivity contribution in [3.8, 4) is 0 Å². The van der Waals surface area contributed by atoms with Crippen molar-refractivity contribution in [1.82, 2.24) is 15.6 Å². The quantitative estimate of drug-likeness (QED) is 0.145. The van der Waals surface area contributed by atoms with Gasteiger partial charge in [-0.05, 0) is 72.1 Å². The lowest BCUT2D eigenvalue weighted by Crippen LogP contribution is -2.57. The third-order valence-corrected chi connectivity index (χ3v) is 9.15. The predicted molar refractivity (Wildman–Crippen MR) is 152 cm³/mol. The Kier molecular flexibility index (Phi) is 8.27. The molecular formula is C30H28F4IN3O3. The van der Waals surface area contributed by atoms with Crippen LogP contribution in [0.15, 0.2) is 66.9 Å². The summed E-state index contributed by atoms with van der Waals surface area (Å²) in [5.74, 6) is -2.92. The van der Waals surface area contributed by atoms with Gasteiger partial charge in [0.25, 0.3) is 0 Å². The van der Waals surface area contributed by atoms with Gasteiger partial charge in [-0.2, -0.15) is 13.2 Å². The molecule has 2 amide bonds. The first-order valence-electron chi connectivity index (χ1n) is 13.2. The van der Waals surface area contributed by atoms with Gasteiger partial charge in [0.05, 0.1) is 17.2 Å². The van der Waals surface area contributed by atoms with Gasteiger partial charge in [0, 0.05) is 23.1 Å². The second-order valence-corrected chi connectivity index (χ2v) is 11.6. The van der Waals surface area contributed by atoms with Crippen LogP contribution < -0.4 is 10.6 Å². The molecule has 11 heteroatoms. The van der Waals surface area contributed by atoms with Crippen molar-refractivity contribution < 1.29 is 32.3 Å². The minimum Gasteiger partial charge on any atom is -0.481 e. The lowest BCUT2D eigenvalue weighted by atomic mass is 9.79. The van der Waals surface area contributed by atoms with Crippen LogP contribution >= 0.6 is 22.6 Å². The van der Waals surface area contributed by atoms with E-state index in [1.807, 2.05) is 0 Å². The number of halogens is 5. The molecule has 3 aromatic rings. The number of pyridine rings is 1. The molecule has 5 atom stereocenters. The van der Waals surface area contributed by atoms with Crippen molar-refractivity contribution >= 4 is 34.6 Å². The van der Waals surface area contributed by atoms with Gasteiger partial charge in [-0.3, -0.25) is 9.78 Å². The predicted octanol–water partition coefficient (Wildman–Crippen LogP) is 6.46. The normalized spacial score (nSPS) is 23.1. The molecule has 0 saturated heterocycles. The standard InChI is InChI=1S/C30H28F4IN3O3/c31-23-12-21(11-22(13-23)30(32,33)34)29(14-17-4-2-1-3-5-17,24-9-6-18(15-35)16-36-24)38-28(41)37-26-20-8-7-19(10-20)25(26)27(39)40/h1-6,9,11-13,16,19-20,25-26H,7-8,10,14-15H2,(H,39,40)(H2,37,38,41)/t19-,20+,25-,26+,29+/m1/s1. The number of carbonyl (C=O) groups is 2. The van der Waals surface area contributed by atoms with Crippen molar-refractivity contribution in [3.05, 3.63) is 101 Å². The molecule has 2 aliphatic carbocycles. The van der Waals surface area contributed by atoms with Crippen LogP contribution in [0.5, 0.6) is 0 Å².